The highest BCUT2D eigenvalue weighted by molar-refractivity contribution is 7.13. The number of aromatic nitrogens is 2. The van der Waals surface area contributed by atoms with Crippen molar-refractivity contribution in [3.63, 3.8) is 0 Å². The molecule has 0 atom stereocenters. The van der Waals surface area contributed by atoms with Crippen molar-refractivity contribution in [2.24, 2.45) is 0 Å². The maximum absolute atomic E-state index is 4.88. The van der Waals surface area contributed by atoms with Crippen molar-refractivity contribution in [1.29, 1.82) is 0 Å². The van der Waals surface area contributed by atoms with E-state index in [9.17, 15) is 0 Å². The minimum atomic E-state index is 0.990. The van der Waals surface area contributed by atoms with Crippen molar-refractivity contribution in [1.82, 2.24) is 9.97 Å². The lowest BCUT2D eigenvalue weighted by molar-refractivity contribution is 1.30. The molecule has 1 aromatic carbocycles. The maximum atomic E-state index is 4.88. The molecule has 0 saturated carbocycles. The summed E-state index contributed by atoms with van der Waals surface area (Å²) in [5.41, 5.74) is 3.05. The van der Waals surface area contributed by atoms with E-state index in [0.717, 1.165) is 22.3 Å². The molecule has 0 saturated heterocycles. The number of hydrogen-bond donors (Lipinski definition) is 0. The van der Waals surface area contributed by atoms with Gasteiger partial charge in [-0.2, -0.15) is 0 Å². The Morgan fingerprint density at radius 3 is 2.67 bits per heavy atom. The summed E-state index contributed by atoms with van der Waals surface area (Å²) in [6.45, 7) is 0. The largest absolute Gasteiger partial charge is 0.264 e. The van der Waals surface area contributed by atoms with Crippen molar-refractivity contribution < 1.29 is 0 Å². The molecule has 0 aliphatic rings. The van der Waals surface area contributed by atoms with E-state index in [-0.39, 0.29) is 0 Å². The van der Waals surface area contributed by atoms with Crippen molar-refractivity contribution in [2.45, 2.75) is 0 Å². The molecule has 100 valence electrons. The van der Waals surface area contributed by atoms with Crippen LogP contribution in [-0.4, -0.2) is 9.97 Å². The highest BCUT2D eigenvalue weighted by atomic mass is 32.1. The Kier molecular flexibility index (Phi) is 2.98. The first-order chi connectivity index (χ1) is 10.4. The molecule has 21 heavy (non-hydrogen) atoms. The summed E-state index contributed by atoms with van der Waals surface area (Å²) in [5.74, 6) is 0. The molecule has 0 fully saturated rings. The minimum absolute atomic E-state index is 0.990. The normalized spacial score (nSPS) is 10.9. The molecule has 0 aliphatic heterocycles. The molecule has 0 radical (unpaired) electrons. The van der Waals surface area contributed by atoms with Gasteiger partial charge in [-0.3, -0.25) is 4.98 Å². The zero-order chi connectivity index (χ0) is 14.1. The molecule has 0 N–H and O–H groups in total. The SMILES string of the molecule is c1cncc(-c2nc(-c3cccs3)cc3ccccc23)c1. The fourth-order valence-electron chi connectivity index (χ4n) is 2.47. The third kappa shape index (κ3) is 2.22. The van der Waals surface area contributed by atoms with Crippen LogP contribution in [0, 0.1) is 0 Å². The predicted octanol–water partition coefficient (Wildman–Crippen LogP) is 5.03. The fourth-order valence-corrected chi connectivity index (χ4v) is 3.16. The lowest BCUT2D eigenvalue weighted by Gasteiger charge is -2.08. The van der Waals surface area contributed by atoms with Gasteiger partial charge in [0.1, 0.15) is 0 Å². The molecule has 4 aromatic rings. The van der Waals surface area contributed by atoms with Gasteiger partial charge in [0.2, 0.25) is 0 Å². The van der Waals surface area contributed by atoms with Gasteiger partial charge >= 0.3 is 0 Å². The van der Waals surface area contributed by atoms with Crippen molar-refractivity contribution in [2.75, 3.05) is 0 Å². The molecule has 3 heterocycles. The van der Waals surface area contributed by atoms with Crippen molar-refractivity contribution in [3.8, 4) is 21.8 Å². The second kappa shape index (κ2) is 5.11. The standard InChI is InChI=1S/C18H12N2S/c1-2-7-15-13(5-1)11-16(17-8-4-10-21-17)20-18(15)14-6-3-9-19-12-14/h1-12H. The van der Waals surface area contributed by atoms with Crippen LogP contribution < -0.4 is 0 Å². The average Bonchev–Trinajstić information content (AvgIpc) is 3.09. The summed E-state index contributed by atoms with van der Waals surface area (Å²) in [7, 11) is 0. The van der Waals surface area contributed by atoms with Crippen LogP contribution in [0.15, 0.2) is 72.4 Å². The Balaban J connectivity index is 2.04. The summed E-state index contributed by atoms with van der Waals surface area (Å²) >= 11 is 1.71. The van der Waals surface area contributed by atoms with Gasteiger partial charge in [0.25, 0.3) is 0 Å². The second-order valence-corrected chi connectivity index (χ2v) is 5.74. The Hall–Kier alpha value is -2.52. The van der Waals surface area contributed by atoms with Gasteiger partial charge in [-0.1, -0.05) is 30.3 Å². The quantitative estimate of drug-likeness (QED) is 0.517. The molecule has 4 rings (SSSR count). The number of thiophene rings is 1. The number of fused-ring (bicyclic) bond motifs is 1. The van der Waals surface area contributed by atoms with Crippen LogP contribution in [0.4, 0.5) is 0 Å². The molecule has 3 aromatic heterocycles. The van der Waals surface area contributed by atoms with Crippen molar-refractivity contribution in [3.05, 3.63) is 72.4 Å². The van der Waals surface area contributed by atoms with Crippen LogP contribution in [0.5, 0.6) is 0 Å². The Labute approximate surface area is 126 Å². The molecule has 2 nitrogen and oxygen atoms in total. The molecule has 0 amide bonds. The van der Waals surface area contributed by atoms with E-state index >= 15 is 0 Å². The molecule has 0 spiro atoms. The van der Waals surface area contributed by atoms with Gasteiger partial charge in [0, 0.05) is 23.3 Å². The maximum Gasteiger partial charge on any atom is 0.0815 e. The lowest BCUT2D eigenvalue weighted by atomic mass is 10.0. The average molecular weight is 288 g/mol. The van der Waals surface area contributed by atoms with E-state index in [4.69, 9.17) is 4.98 Å². The van der Waals surface area contributed by atoms with Gasteiger partial charge in [-0.15, -0.1) is 11.3 Å². The second-order valence-electron chi connectivity index (χ2n) is 4.80. The van der Waals surface area contributed by atoms with Crippen LogP contribution in [0.3, 0.4) is 0 Å². The van der Waals surface area contributed by atoms with Gasteiger partial charge < -0.3 is 0 Å². The first-order valence-electron chi connectivity index (χ1n) is 6.76. The number of nitrogens with zero attached hydrogens (tertiary/aromatic N) is 2. The van der Waals surface area contributed by atoms with Gasteiger partial charge in [-0.25, -0.2) is 4.98 Å². The summed E-state index contributed by atoms with van der Waals surface area (Å²) in [6.07, 6.45) is 3.65. The number of rotatable bonds is 2. The monoisotopic (exact) mass is 288 g/mol. The smallest absolute Gasteiger partial charge is 0.0815 e. The van der Waals surface area contributed by atoms with Gasteiger partial charge in [0.15, 0.2) is 0 Å². The number of pyridine rings is 2. The predicted molar refractivity (Wildman–Crippen MR) is 88.3 cm³/mol. The molecular weight excluding hydrogens is 276 g/mol. The molecule has 0 aliphatic carbocycles. The molecule has 0 bridgehead atoms. The van der Waals surface area contributed by atoms with E-state index in [1.807, 2.05) is 12.3 Å². The highest BCUT2D eigenvalue weighted by Crippen LogP contribution is 2.32. The summed E-state index contributed by atoms with van der Waals surface area (Å²) < 4.78 is 0. The summed E-state index contributed by atoms with van der Waals surface area (Å²) in [5, 5.41) is 4.44. The van der Waals surface area contributed by atoms with Gasteiger partial charge in [-0.05, 0) is 35.0 Å². The van der Waals surface area contributed by atoms with Crippen molar-refractivity contribution >= 4 is 22.1 Å². The molecular formula is C18H12N2S. The van der Waals surface area contributed by atoms with Crippen LogP contribution in [0.25, 0.3) is 32.6 Å². The summed E-state index contributed by atoms with van der Waals surface area (Å²) in [6, 6.07) is 18.7. The number of hydrogen-bond acceptors (Lipinski definition) is 3. The minimum Gasteiger partial charge on any atom is -0.264 e. The van der Waals surface area contributed by atoms with E-state index in [0.29, 0.717) is 0 Å². The third-order valence-electron chi connectivity index (χ3n) is 3.45. The lowest BCUT2D eigenvalue weighted by Crippen LogP contribution is -1.90. The van der Waals surface area contributed by atoms with Crippen LogP contribution in [-0.2, 0) is 0 Å². The van der Waals surface area contributed by atoms with E-state index in [2.05, 4.69) is 58.9 Å². The Bertz CT molecular complexity index is 884. The summed E-state index contributed by atoms with van der Waals surface area (Å²) in [4.78, 5) is 10.3. The van der Waals surface area contributed by atoms with Crippen LogP contribution in [0.2, 0.25) is 0 Å². The Morgan fingerprint density at radius 1 is 0.905 bits per heavy atom. The highest BCUT2D eigenvalue weighted by Gasteiger charge is 2.10. The van der Waals surface area contributed by atoms with E-state index in [1.54, 1.807) is 17.5 Å². The van der Waals surface area contributed by atoms with Crippen LogP contribution >= 0.6 is 11.3 Å². The first kappa shape index (κ1) is 12.2. The zero-order valence-electron chi connectivity index (χ0n) is 11.2. The first-order valence-corrected chi connectivity index (χ1v) is 7.64. The Morgan fingerprint density at radius 2 is 1.86 bits per heavy atom. The third-order valence-corrected chi connectivity index (χ3v) is 4.34. The van der Waals surface area contributed by atoms with Gasteiger partial charge in [0.05, 0.1) is 16.3 Å². The molecule has 0 unspecified atom stereocenters. The van der Waals surface area contributed by atoms with Crippen LogP contribution in [0.1, 0.15) is 0 Å². The van der Waals surface area contributed by atoms with E-state index in [1.165, 1.54) is 10.3 Å². The zero-order valence-corrected chi connectivity index (χ0v) is 12.0. The topological polar surface area (TPSA) is 25.8 Å². The van der Waals surface area contributed by atoms with E-state index < -0.39 is 0 Å². The number of benzene rings is 1. The fraction of sp³-hybridized carbons (Fsp3) is 0. The molecule has 3 heteroatoms.